The molecule has 2 rings (SSSR count). The molecular weight excluding hydrogens is 215 g/mol. The van der Waals surface area contributed by atoms with Crippen molar-refractivity contribution in [3.63, 3.8) is 0 Å². The zero-order valence-corrected chi connectivity index (χ0v) is 10.7. The van der Waals surface area contributed by atoms with Crippen LogP contribution < -0.4 is 10.2 Å². The standard InChI is InChI=1S/C14H21FN2/c1-3-4-13-10-17(8-7-16-13)14-6-5-12(15)9-11(14)2/h5-6,9,13,16H,3-4,7-8,10H2,1-2H3. The van der Waals surface area contributed by atoms with Crippen molar-refractivity contribution in [2.45, 2.75) is 32.7 Å². The van der Waals surface area contributed by atoms with E-state index in [1.807, 2.05) is 13.0 Å². The molecule has 1 aliphatic heterocycles. The minimum absolute atomic E-state index is 0.147. The third kappa shape index (κ3) is 2.97. The number of hydrogen-bond donors (Lipinski definition) is 1. The summed E-state index contributed by atoms with van der Waals surface area (Å²) >= 11 is 0. The van der Waals surface area contributed by atoms with Crippen LogP contribution in [0.2, 0.25) is 0 Å². The Morgan fingerprint density at radius 2 is 2.29 bits per heavy atom. The van der Waals surface area contributed by atoms with Crippen molar-refractivity contribution in [3.05, 3.63) is 29.6 Å². The number of benzene rings is 1. The van der Waals surface area contributed by atoms with Crippen LogP contribution in [0, 0.1) is 12.7 Å². The molecule has 1 heterocycles. The summed E-state index contributed by atoms with van der Waals surface area (Å²) in [4.78, 5) is 2.37. The lowest BCUT2D eigenvalue weighted by Gasteiger charge is -2.36. The first-order valence-electron chi connectivity index (χ1n) is 6.45. The maximum absolute atomic E-state index is 13.1. The Morgan fingerprint density at radius 3 is 3.00 bits per heavy atom. The lowest BCUT2D eigenvalue weighted by Crippen LogP contribution is -2.50. The fourth-order valence-electron chi connectivity index (χ4n) is 2.56. The molecule has 1 aromatic rings. The number of anilines is 1. The van der Waals surface area contributed by atoms with Gasteiger partial charge in [0, 0.05) is 31.4 Å². The average Bonchev–Trinajstić information content (AvgIpc) is 2.29. The molecule has 2 nitrogen and oxygen atoms in total. The molecule has 0 radical (unpaired) electrons. The maximum Gasteiger partial charge on any atom is 0.123 e. The number of aryl methyl sites for hydroxylation is 1. The van der Waals surface area contributed by atoms with E-state index in [2.05, 4.69) is 17.1 Å². The van der Waals surface area contributed by atoms with Gasteiger partial charge in [-0.15, -0.1) is 0 Å². The van der Waals surface area contributed by atoms with Crippen LogP contribution in [0.3, 0.4) is 0 Å². The Labute approximate surface area is 103 Å². The topological polar surface area (TPSA) is 15.3 Å². The molecule has 3 heteroatoms. The van der Waals surface area contributed by atoms with Crippen LogP contribution in [0.1, 0.15) is 25.3 Å². The molecule has 94 valence electrons. The van der Waals surface area contributed by atoms with Crippen molar-refractivity contribution in [1.82, 2.24) is 5.32 Å². The van der Waals surface area contributed by atoms with Gasteiger partial charge in [0.05, 0.1) is 0 Å². The van der Waals surface area contributed by atoms with E-state index in [0.717, 1.165) is 25.2 Å². The lowest BCUT2D eigenvalue weighted by molar-refractivity contribution is 0.430. The molecule has 1 atom stereocenters. The van der Waals surface area contributed by atoms with Crippen LogP contribution in [-0.2, 0) is 0 Å². The monoisotopic (exact) mass is 236 g/mol. The second-order valence-corrected chi connectivity index (χ2v) is 4.82. The molecule has 0 saturated carbocycles. The van der Waals surface area contributed by atoms with Crippen molar-refractivity contribution in [2.24, 2.45) is 0 Å². The van der Waals surface area contributed by atoms with Gasteiger partial charge in [0.25, 0.3) is 0 Å². The van der Waals surface area contributed by atoms with Crippen LogP contribution >= 0.6 is 0 Å². The van der Waals surface area contributed by atoms with E-state index < -0.39 is 0 Å². The van der Waals surface area contributed by atoms with Crippen LogP contribution in [0.5, 0.6) is 0 Å². The predicted molar refractivity (Wildman–Crippen MR) is 70.0 cm³/mol. The van der Waals surface area contributed by atoms with E-state index >= 15 is 0 Å². The highest BCUT2D eigenvalue weighted by Gasteiger charge is 2.19. The highest BCUT2D eigenvalue weighted by molar-refractivity contribution is 5.53. The van der Waals surface area contributed by atoms with Gasteiger partial charge in [-0.3, -0.25) is 0 Å². The van der Waals surface area contributed by atoms with E-state index in [1.165, 1.54) is 18.5 Å². The van der Waals surface area contributed by atoms with Crippen molar-refractivity contribution in [3.8, 4) is 0 Å². The number of halogens is 1. The first kappa shape index (κ1) is 12.4. The minimum atomic E-state index is -0.147. The smallest absolute Gasteiger partial charge is 0.123 e. The molecule has 0 bridgehead atoms. The Bertz CT molecular complexity index is 376. The fourth-order valence-corrected chi connectivity index (χ4v) is 2.56. The van der Waals surface area contributed by atoms with Crippen molar-refractivity contribution < 1.29 is 4.39 Å². The van der Waals surface area contributed by atoms with Gasteiger partial charge in [0.15, 0.2) is 0 Å². The van der Waals surface area contributed by atoms with E-state index in [0.29, 0.717) is 6.04 Å². The Hall–Kier alpha value is -1.09. The molecule has 1 fully saturated rings. The summed E-state index contributed by atoms with van der Waals surface area (Å²) in [5, 5.41) is 3.53. The van der Waals surface area contributed by atoms with Gasteiger partial charge in [-0.05, 0) is 37.1 Å². The SMILES string of the molecule is CCCC1CN(c2ccc(F)cc2C)CCN1. The van der Waals surface area contributed by atoms with Gasteiger partial charge in [-0.2, -0.15) is 0 Å². The molecule has 0 aromatic heterocycles. The molecule has 1 aliphatic rings. The van der Waals surface area contributed by atoms with Crippen molar-refractivity contribution in [2.75, 3.05) is 24.5 Å². The number of rotatable bonds is 3. The molecule has 17 heavy (non-hydrogen) atoms. The van der Waals surface area contributed by atoms with E-state index in [1.54, 1.807) is 12.1 Å². The highest BCUT2D eigenvalue weighted by Crippen LogP contribution is 2.22. The van der Waals surface area contributed by atoms with Crippen LogP contribution in [0.15, 0.2) is 18.2 Å². The van der Waals surface area contributed by atoms with Gasteiger partial charge in [0.1, 0.15) is 5.82 Å². The third-order valence-electron chi connectivity index (χ3n) is 3.39. The van der Waals surface area contributed by atoms with Crippen LogP contribution in [-0.4, -0.2) is 25.7 Å². The second-order valence-electron chi connectivity index (χ2n) is 4.82. The Kier molecular flexibility index (Phi) is 4.00. The lowest BCUT2D eigenvalue weighted by atomic mass is 10.1. The zero-order chi connectivity index (χ0) is 12.3. The van der Waals surface area contributed by atoms with Gasteiger partial charge >= 0.3 is 0 Å². The fraction of sp³-hybridized carbons (Fsp3) is 0.571. The summed E-state index contributed by atoms with van der Waals surface area (Å²) in [7, 11) is 0. The normalized spacial score (nSPS) is 20.6. The van der Waals surface area contributed by atoms with Gasteiger partial charge in [0.2, 0.25) is 0 Å². The number of hydrogen-bond acceptors (Lipinski definition) is 2. The van der Waals surface area contributed by atoms with Gasteiger partial charge in [-0.1, -0.05) is 13.3 Å². The summed E-state index contributed by atoms with van der Waals surface area (Å²) in [6.45, 7) is 7.24. The number of nitrogens with zero attached hydrogens (tertiary/aromatic N) is 1. The zero-order valence-electron chi connectivity index (χ0n) is 10.7. The molecule has 0 spiro atoms. The summed E-state index contributed by atoms with van der Waals surface area (Å²) in [5.74, 6) is -0.147. The van der Waals surface area contributed by atoms with Crippen LogP contribution in [0.25, 0.3) is 0 Å². The molecule has 0 amide bonds. The van der Waals surface area contributed by atoms with Gasteiger partial charge in [-0.25, -0.2) is 4.39 Å². The molecular formula is C14H21FN2. The summed E-state index contributed by atoms with van der Waals surface area (Å²) in [6.07, 6.45) is 2.41. The molecule has 0 aliphatic carbocycles. The quantitative estimate of drug-likeness (QED) is 0.868. The van der Waals surface area contributed by atoms with Crippen molar-refractivity contribution >= 4 is 5.69 Å². The molecule has 1 saturated heterocycles. The summed E-state index contributed by atoms with van der Waals surface area (Å²) in [5.41, 5.74) is 2.20. The Balaban J connectivity index is 2.10. The largest absolute Gasteiger partial charge is 0.368 e. The number of nitrogens with one attached hydrogen (secondary N) is 1. The minimum Gasteiger partial charge on any atom is -0.368 e. The first-order valence-corrected chi connectivity index (χ1v) is 6.45. The molecule has 1 aromatic carbocycles. The molecule has 1 N–H and O–H groups in total. The van der Waals surface area contributed by atoms with Gasteiger partial charge < -0.3 is 10.2 Å². The Morgan fingerprint density at radius 1 is 1.47 bits per heavy atom. The summed E-state index contributed by atoms with van der Waals surface area (Å²) in [6, 6.07) is 5.64. The summed E-state index contributed by atoms with van der Waals surface area (Å²) < 4.78 is 13.1. The highest BCUT2D eigenvalue weighted by atomic mass is 19.1. The first-order chi connectivity index (χ1) is 8.20. The van der Waals surface area contributed by atoms with Crippen LogP contribution in [0.4, 0.5) is 10.1 Å². The number of piperazine rings is 1. The average molecular weight is 236 g/mol. The molecule has 1 unspecified atom stereocenters. The maximum atomic E-state index is 13.1. The van der Waals surface area contributed by atoms with E-state index in [9.17, 15) is 4.39 Å². The van der Waals surface area contributed by atoms with E-state index in [-0.39, 0.29) is 5.82 Å². The predicted octanol–water partition coefficient (Wildman–Crippen LogP) is 2.71. The van der Waals surface area contributed by atoms with E-state index in [4.69, 9.17) is 0 Å². The third-order valence-corrected chi connectivity index (χ3v) is 3.39. The second kappa shape index (κ2) is 5.50. The van der Waals surface area contributed by atoms with Crippen molar-refractivity contribution in [1.29, 1.82) is 0 Å².